The molecule has 0 aliphatic carbocycles. The Bertz CT molecular complexity index is 771. The van der Waals surface area contributed by atoms with Crippen molar-refractivity contribution in [3.8, 4) is 0 Å². The van der Waals surface area contributed by atoms with Gasteiger partial charge < -0.3 is 9.15 Å². The van der Waals surface area contributed by atoms with Crippen molar-refractivity contribution >= 4 is 23.3 Å². The Kier molecular flexibility index (Phi) is 4.83. The van der Waals surface area contributed by atoms with Crippen LogP contribution in [-0.4, -0.2) is 26.1 Å². The first kappa shape index (κ1) is 15.4. The van der Waals surface area contributed by atoms with E-state index in [2.05, 4.69) is 21.9 Å². The van der Waals surface area contributed by atoms with Gasteiger partial charge in [0.15, 0.2) is 5.65 Å². The third-order valence-electron chi connectivity index (χ3n) is 3.54. The standard InChI is InChI=1S/C17H20N4O2/c1-3-6-15(22-4-2)21-12-20-16-14(18-11-19-17(16)21)9-8-13-7-5-10-23-13/h5,7-12,15H,3-4,6H2,1-2H3/b9-8+. The van der Waals surface area contributed by atoms with Gasteiger partial charge in [0.25, 0.3) is 0 Å². The van der Waals surface area contributed by atoms with Gasteiger partial charge in [0.05, 0.1) is 18.3 Å². The number of ether oxygens (including phenoxy) is 1. The first-order valence-corrected chi connectivity index (χ1v) is 7.84. The fourth-order valence-electron chi connectivity index (χ4n) is 2.49. The average Bonchev–Trinajstić information content (AvgIpc) is 3.22. The van der Waals surface area contributed by atoms with Crippen molar-refractivity contribution in [2.75, 3.05) is 6.61 Å². The predicted octanol–water partition coefficient (Wildman–Crippen LogP) is 3.92. The number of hydrogen-bond acceptors (Lipinski definition) is 5. The average molecular weight is 312 g/mol. The summed E-state index contributed by atoms with van der Waals surface area (Å²) in [7, 11) is 0. The van der Waals surface area contributed by atoms with E-state index in [4.69, 9.17) is 9.15 Å². The van der Waals surface area contributed by atoms with E-state index in [1.54, 1.807) is 18.9 Å². The highest BCUT2D eigenvalue weighted by Crippen LogP contribution is 2.23. The lowest BCUT2D eigenvalue weighted by Gasteiger charge is -2.17. The van der Waals surface area contributed by atoms with Gasteiger partial charge in [-0.25, -0.2) is 15.0 Å². The summed E-state index contributed by atoms with van der Waals surface area (Å²) in [6.07, 6.45) is 10.6. The van der Waals surface area contributed by atoms with Gasteiger partial charge in [-0.15, -0.1) is 0 Å². The summed E-state index contributed by atoms with van der Waals surface area (Å²) in [4.78, 5) is 13.2. The Balaban J connectivity index is 1.96. The zero-order valence-corrected chi connectivity index (χ0v) is 13.3. The lowest BCUT2D eigenvalue weighted by atomic mass is 10.3. The minimum Gasteiger partial charge on any atom is -0.465 e. The molecular weight excluding hydrogens is 292 g/mol. The van der Waals surface area contributed by atoms with E-state index in [1.165, 1.54) is 0 Å². The number of furan rings is 1. The number of rotatable bonds is 7. The van der Waals surface area contributed by atoms with E-state index in [9.17, 15) is 0 Å². The maximum absolute atomic E-state index is 5.82. The monoisotopic (exact) mass is 312 g/mol. The number of aromatic nitrogens is 4. The summed E-state index contributed by atoms with van der Waals surface area (Å²) in [5.41, 5.74) is 2.30. The molecule has 0 N–H and O–H groups in total. The maximum Gasteiger partial charge on any atom is 0.165 e. The Morgan fingerprint density at radius 1 is 1.26 bits per heavy atom. The van der Waals surface area contributed by atoms with Crippen LogP contribution in [0.25, 0.3) is 23.3 Å². The Morgan fingerprint density at radius 2 is 2.17 bits per heavy atom. The van der Waals surface area contributed by atoms with Crippen LogP contribution in [0.1, 0.15) is 44.4 Å². The minimum atomic E-state index is -0.0493. The van der Waals surface area contributed by atoms with Gasteiger partial charge in [0.1, 0.15) is 23.8 Å². The molecule has 6 nitrogen and oxygen atoms in total. The predicted molar refractivity (Wildman–Crippen MR) is 88.5 cm³/mol. The Labute approximate surface area is 134 Å². The lowest BCUT2D eigenvalue weighted by molar-refractivity contribution is 0.00611. The van der Waals surface area contributed by atoms with Crippen LogP contribution < -0.4 is 0 Å². The molecule has 120 valence electrons. The fraction of sp³-hybridized carbons (Fsp3) is 0.353. The van der Waals surface area contributed by atoms with Gasteiger partial charge in [0.2, 0.25) is 0 Å². The van der Waals surface area contributed by atoms with Gasteiger partial charge in [-0.05, 0) is 37.6 Å². The van der Waals surface area contributed by atoms with E-state index in [0.29, 0.717) is 6.61 Å². The molecule has 0 aliphatic heterocycles. The molecule has 3 aromatic heterocycles. The highest BCUT2D eigenvalue weighted by Gasteiger charge is 2.16. The van der Waals surface area contributed by atoms with Crippen molar-refractivity contribution in [3.05, 3.63) is 42.5 Å². The molecule has 0 saturated carbocycles. The number of hydrogen-bond donors (Lipinski definition) is 0. The molecule has 1 atom stereocenters. The molecule has 1 unspecified atom stereocenters. The van der Waals surface area contributed by atoms with Crippen molar-refractivity contribution in [1.29, 1.82) is 0 Å². The molecular formula is C17H20N4O2. The SMILES string of the molecule is CCCC(OCC)n1cnc2c(/C=C/c3ccco3)ncnc21. The molecule has 0 fully saturated rings. The molecule has 0 saturated heterocycles. The molecule has 23 heavy (non-hydrogen) atoms. The first-order chi connectivity index (χ1) is 11.3. The largest absolute Gasteiger partial charge is 0.465 e. The molecule has 0 amide bonds. The van der Waals surface area contributed by atoms with Crippen molar-refractivity contribution in [2.45, 2.75) is 32.9 Å². The molecule has 3 heterocycles. The summed E-state index contributed by atoms with van der Waals surface area (Å²) < 4.78 is 13.1. The summed E-state index contributed by atoms with van der Waals surface area (Å²) in [6, 6.07) is 3.74. The Hall–Kier alpha value is -2.47. The van der Waals surface area contributed by atoms with Crippen molar-refractivity contribution in [3.63, 3.8) is 0 Å². The van der Waals surface area contributed by atoms with Gasteiger partial charge in [-0.1, -0.05) is 13.3 Å². The van der Waals surface area contributed by atoms with E-state index >= 15 is 0 Å². The van der Waals surface area contributed by atoms with E-state index in [1.807, 2.05) is 35.8 Å². The van der Waals surface area contributed by atoms with Crippen LogP contribution in [0.4, 0.5) is 0 Å². The molecule has 6 heteroatoms. The van der Waals surface area contributed by atoms with E-state index < -0.39 is 0 Å². The topological polar surface area (TPSA) is 66.0 Å². The molecule has 0 radical (unpaired) electrons. The number of imidazole rings is 1. The fourth-order valence-corrected chi connectivity index (χ4v) is 2.49. The zero-order chi connectivity index (χ0) is 16.1. The first-order valence-electron chi connectivity index (χ1n) is 7.84. The molecule has 0 spiro atoms. The summed E-state index contributed by atoms with van der Waals surface area (Å²) in [6.45, 7) is 4.78. The second-order valence-corrected chi connectivity index (χ2v) is 5.13. The highest BCUT2D eigenvalue weighted by molar-refractivity contribution is 5.83. The second kappa shape index (κ2) is 7.19. The quantitative estimate of drug-likeness (QED) is 0.661. The summed E-state index contributed by atoms with van der Waals surface area (Å²) in [5.74, 6) is 0.773. The summed E-state index contributed by atoms with van der Waals surface area (Å²) in [5, 5.41) is 0. The highest BCUT2D eigenvalue weighted by atomic mass is 16.5. The van der Waals surface area contributed by atoms with Crippen LogP contribution in [0.2, 0.25) is 0 Å². The third kappa shape index (κ3) is 3.32. The van der Waals surface area contributed by atoms with Gasteiger partial charge in [-0.2, -0.15) is 0 Å². The van der Waals surface area contributed by atoms with Crippen LogP contribution in [0.3, 0.4) is 0 Å². The van der Waals surface area contributed by atoms with Crippen molar-refractivity contribution in [2.24, 2.45) is 0 Å². The van der Waals surface area contributed by atoms with Crippen molar-refractivity contribution < 1.29 is 9.15 Å². The lowest BCUT2D eigenvalue weighted by Crippen LogP contribution is -2.12. The molecule has 0 aromatic carbocycles. The van der Waals surface area contributed by atoms with Crippen LogP contribution in [0.15, 0.2) is 35.5 Å². The van der Waals surface area contributed by atoms with Crippen LogP contribution in [-0.2, 0) is 4.74 Å². The van der Waals surface area contributed by atoms with E-state index in [0.717, 1.165) is 35.5 Å². The van der Waals surface area contributed by atoms with Crippen LogP contribution >= 0.6 is 0 Å². The van der Waals surface area contributed by atoms with Gasteiger partial charge >= 0.3 is 0 Å². The molecule has 3 rings (SSSR count). The van der Waals surface area contributed by atoms with Gasteiger partial charge in [0, 0.05) is 6.61 Å². The third-order valence-corrected chi connectivity index (χ3v) is 3.54. The number of fused-ring (bicyclic) bond motifs is 1. The van der Waals surface area contributed by atoms with Gasteiger partial charge in [-0.3, -0.25) is 4.57 Å². The number of nitrogens with zero attached hydrogens (tertiary/aromatic N) is 4. The second-order valence-electron chi connectivity index (χ2n) is 5.13. The van der Waals surface area contributed by atoms with Crippen LogP contribution in [0.5, 0.6) is 0 Å². The maximum atomic E-state index is 5.82. The summed E-state index contributed by atoms with van der Waals surface area (Å²) >= 11 is 0. The van der Waals surface area contributed by atoms with Crippen molar-refractivity contribution in [1.82, 2.24) is 19.5 Å². The van der Waals surface area contributed by atoms with Crippen LogP contribution in [0, 0.1) is 0 Å². The molecule has 3 aromatic rings. The smallest absolute Gasteiger partial charge is 0.165 e. The normalized spacial score (nSPS) is 13.1. The minimum absolute atomic E-state index is 0.0493. The molecule has 0 bridgehead atoms. The Morgan fingerprint density at radius 3 is 2.91 bits per heavy atom. The van der Waals surface area contributed by atoms with E-state index in [-0.39, 0.29) is 6.23 Å². The zero-order valence-electron chi connectivity index (χ0n) is 13.3. The molecule has 0 aliphatic rings.